The molecule has 0 radical (unpaired) electrons. The zero-order valence-corrected chi connectivity index (χ0v) is 22.4. The lowest BCUT2D eigenvalue weighted by atomic mass is 10.0. The number of nitrogens with one attached hydrogen (secondary N) is 2. The second-order valence-electron chi connectivity index (χ2n) is 8.26. The molecular formula is C23H40IN5O3. The first-order valence-corrected chi connectivity index (χ1v) is 11.2. The van der Waals surface area contributed by atoms with Crippen LogP contribution in [0, 0.1) is 5.92 Å². The van der Waals surface area contributed by atoms with Gasteiger partial charge in [-0.3, -0.25) is 9.69 Å². The molecule has 1 aliphatic heterocycles. The topological polar surface area (TPSA) is 78.4 Å². The fourth-order valence-electron chi connectivity index (χ4n) is 3.42. The normalized spacial score (nSPS) is 15.6. The number of morpholine rings is 1. The van der Waals surface area contributed by atoms with Crippen LogP contribution in [0.15, 0.2) is 29.3 Å². The monoisotopic (exact) mass is 561 g/mol. The molecule has 1 aliphatic rings. The molecule has 2 rings (SSSR count). The molecule has 32 heavy (non-hydrogen) atoms. The molecule has 0 aromatic heterocycles. The van der Waals surface area contributed by atoms with Gasteiger partial charge in [0.2, 0.25) is 0 Å². The van der Waals surface area contributed by atoms with Crippen molar-refractivity contribution >= 4 is 35.8 Å². The zero-order valence-electron chi connectivity index (χ0n) is 20.1. The number of rotatable bonds is 10. The van der Waals surface area contributed by atoms with Crippen molar-refractivity contribution in [2.45, 2.75) is 33.4 Å². The number of ether oxygens (including phenoxy) is 2. The number of amides is 1. The molecule has 182 valence electrons. The van der Waals surface area contributed by atoms with E-state index in [0.29, 0.717) is 24.3 Å². The number of carbonyl (C=O) groups excluding carboxylic acids is 1. The summed E-state index contributed by atoms with van der Waals surface area (Å²) in [4.78, 5) is 20.5. The van der Waals surface area contributed by atoms with E-state index in [9.17, 15) is 4.79 Å². The van der Waals surface area contributed by atoms with Crippen LogP contribution in [0.25, 0.3) is 0 Å². The van der Waals surface area contributed by atoms with Gasteiger partial charge in [0.05, 0.1) is 19.8 Å². The van der Waals surface area contributed by atoms with E-state index in [-0.39, 0.29) is 36.5 Å². The van der Waals surface area contributed by atoms with E-state index in [4.69, 9.17) is 14.5 Å². The Bertz CT molecular complexity index is 709. The van der Waals surface area contributed by atoms with Gasteiger partial charge < -0.3 is 25.0 Å². The molecule has 1 aromatic carbocycles. The summed E-state index contributed by atoms with van der Waals surface area (Å²) in [6, 6.07) is 8.15. The summed E-state index contributed by atoms with van der Waals surface area (Å²) in [5, 5.41) is 6.84. The lowest BCUT2D eigenvalue weighted by molar-refractivity contribution is -0.130. The van der Waals surface area contributed by atoms with Crippen molar-refractivity contribution in [2.24, 2.45) is 10.9 Å². The molecule has 1 amide bonds. The molecule has 9 heteroatoms. The Morgan fingerprint density at radius 3 is 2.59 bits per heavy atom. The minimum Gasteiger partial charge on any atom is -0.484 e. The Balaban J connectivity index is 0.00000512. The number of carbonyl (C=O) groups is 1. The van der Waals surface area contributed by atoms with Crippen molar-refractivity contribution in [2.75, 3.05) is 60.1 Å². The first-order chi connectivity index (χ1) is 14.9. The van der Waals surface area contributed by atoms with Crippen molar-refractivity contribution in [3.8, 4) is 5.75 Å². The van der Waals surface area contributed by atoms with Gasteiger partial charge in [-0.15, -0.1) is 24.0 Å². The van der Waals surface area contributed by atoms with Crippen LogP contribution in [-0.2, 0) is 16.1 Å². The van der Waals surface area contributed by atoms with Crippen LogP contribution in [0.5, 0.6) is 5.75 Å². The predicted octanol–water partition coefficient (Wildman–Crippen LogP) is 2.18. The molecule has 1 atom stereocenters. The summed E-state index contributed by atoms with van der Waals surface area (Å²) in [5.74, 6) is 1.94. The van der Waals surface area contributed by atoms with Crippen LogP contribution < -0.4 is 15.4 Å². The Hall–Kier alpha value is -1.59. The number of aliphatic imine (C=N–C) groups is 1. The minimum atomic E-state index is -0.0676. The van der Waals surface area contributed by atoms with Crippen LogP contribution in [0.2, 0.25) is 0 Å². The fraction of sp³-hybridized carbons (Fsp3) is 0.652. The van der Waals surface area contributed by atoms with Crippen molar-refractivity contribution < 1.29 is 14.3 Å². The lowest BCUT2D eigenvalue weighted by Gasteiger charge is -2.37. The first-order valence-electron chi connectivity index (χ1n) is 11.2. The standard InChI is InChI=1S/C23H39N5O3.HI/c1-6-24-23(26-16-21(18(2)3)28-10-12-30-13-11-28)25-15-19-8-7-9-20(14-19)31-17-22(29)27(4)5;/h7-9,14,18,21H,6,10-13,15-17H2,1-5H3,(H2,24,25,26);1H. The maximum absolute atomic E-state index is 11.7. The van der Waals surface area contributed by atoms with Gasteiger partial charge in [-0.1, -0.05) is 26.0 Å². The fourth-order valence-corrected chi connectivity index (χ4v) is 3.42. The summed E-state index contributed by atoms with van der Waals surface area (Å²) in [6.07, 6.45) is 0. The molecule has 0 bridgehead atoms. The number of nitrogens with zero attached hydrogens (tertiary/aromatic N) is 3. The van der Waals surface area contributed by atoms with E-state index >= 15 is 0 Å². The molecule has 1 heterocycles. The summed E-state index contributed by atoms with van der Waals surface area (Å²) in [5.41, 5.74) is 1.03. The van der Waals surface area contributed by atoms with Crippen LogP contribution in [0.4, 0.5) is 0 Å². The van der Waals surface area contributed by atoms with Gasteiger partial charge in [0.25, 0.3) is 5.91 Å². The Labute approximate surface area is 210 Å². The van der Waals surface area contributed by atoms with Crippen LogP contribution in [0.1, 0.15) is 26.3 Å². The summed E-state index contributed by atoms with van der Waals surface area (Å²) in [6.45, 7) is 12.3. The van der Waals surface area contributed by atoms with Crippen molar-refractivity contribution in [1.82, 2.24) is 20.4 Å². The maximum Gasteiger partial charge on any atom is 0.259 e. The number of hydrogen-bond donors (Lipinski definition) is 2. The van der Waals surface area contributed by atoms with Gasteiger partial charge in [0.15, 0.2) is 12.6 Å². The number of benzene rings is 1. The van der Waals surface area contributed by atoms with E-state index in [0.717, 1.165) is 50.9 Å². The molecule has 1 saturated heterocycles. The molecule has 1 unspecified atom stereocenters. The third kappa shape index (κ3) is 9.91. The predicted molar refractivity (Wildman–Crippen MR) is 140 cm³/mol. The minimum absolute atomic E-state index is 0. The average Bonchev–Trinajstić information content (AvgIpc) is 2.76. The largest absolute Gasteiger partial charge is 0.484 e. The first kappa shape index (κ1) is 28.4. The molecule has 0 aliphatic carbocycles. The quantitative estimate of drug-likeness (QED) is 0.259. The van der Waals surface area contributed by atoms with Crippen LogP contribution in [-0.4, -0.2) is 87.8 Å². The van der Waals surface area contributed by atoms with E-state index in [1.165, 1.54) is 4.90 Å². The summed E-state index contributed by atoms with van der Waals surface area (Å²) in [7, 11) is 3.43. The van der Waals surface area contributed by atoms with Gasteiger partial charge >= 0.3 is 0 Å². The Morgan fingerprint density at radius 2 is 1.97 bits per heavy atom. The molecule has 1 aromatic rings. The van der Waals surface area contributed by atoms with Gasteiger partial charge in [-0.25, -0.2) is 4.99 Å². The average molecular weight is 562 g/mol. The second kappa shape index (κ2) is 15.3. The third-order valence-electron chi connectivity index (χ3n) is 5.29. The van der Waals surface area contributed by atoms with E-state index < -0.39 is 0 Å². The summed E-state index contributed by atoms with van der Waals surface area (Å²) < 4.78 is 11.1. The molecule has 0 saturated carbocycles. The molecule has 2 N–H and O–H groups in total. The number of halogens is 1. The van der Waals surface area contributed by atoms with Crippen molar-refractivity contribution in [1.29, 1.82) is 0 Å². The van der Waals surface area contributed by atoms with Gasteiger partial charge in [-0.05, 0) is 30.5 Å². The Morgan fingerprint density at radius 1 is 1.25 bits per heavy atom. The van der Waals surface area contributed by atoms with Gasteiger partial charge in [0.1, 0.15) is 5.75 Å². The van der Waals surface area contributed by atoms with E-state index in [2.05, 4.69) is 36.3 Å². The summed E-state index contributed by atoms with van der Waals surface area (Å²) >= 11 is 0. The number of hydrogen-bond acceptors (Lipinski definition) is 5. The number of likely N-dealkylation sites (N-methyl/N-ethyl adjacent to an activating group) is 1. The highest BCUT2D eigenvalue weighted by Crippen LogP contribution is 2.15. The van der Waals surface area contributed by atoms with Gasteiger partial charge in [-0.2, -0.15) is 0 Å². The lowest BCUT2D eigenvalue weighted by Crippen LogP contribution is -2.52. The molecule has 1 fully saturated rings. The highest BCUT2D eigenvalue weighted by molar-refractivity contribution is 14.0. The van der Waals surface area contributed by atoms with E-state index in [1.54, 1.807) is 14.1 Å². The highest BCUT2D eigenvalue weighted by atomic mass is 127. The zero-order chi connectivity index (χ0) is 22.6. The highest BCUT2D eigenvalue weighted by Gasteiger charge is 2.23. The molecule has 8 nitrogen and oxygen atoms in total. The van der Waals surface area contributed by atoms with Crippen molar-refractivity contribution in [3.05, 3.63) is 29.8 Å². The van der Waals surface area contributed by atoms with Crippen LogP contribution in [0.3, 0.4) is 0 Å². The third-order valence-corrected chi connectivity index (χ3v) is 5.29. The maximum atomic E-state index is 11.7. The van der Waals surface area contributed by atoms with E-state index in [1.807, 2.05) is 24.3 Å². The van der Waals surface area contributed by atoms with Crippen molar-refractivity contribution in [3.63, 3.8) is 0 Å². The SMILES string of the molecule is CCNC(=NCc1cccc(OCC(=O)N(C)C)c1)NCC(C(C)C)N1CCOCC1.I. The Kier molecular flexibility index (Phi) is 13.6. The smallest absolute Gasteiger partial charge is 0.259 e. The number of guanidine groups is 1. The second-order valence-corrected chi connectivity index (χ2v) is 8.26. The molecule has 0 spiro atoms. The van der Waals surface area contributed by atoms with Crippen LogP contribution >= 0.6 is 24.0 Å². The molecular weight excluding hydrogens is 521 g/mol. The van der Waals surface area contributed by atoms with Gasteiger partial charge in [0, 0.05) is 46.3 Å².